The Hall–Kier alpha value is -2.82. The van der Waals surface area contributed by atoms with Crippen molar-refractivity contribution in [1.29, 1.82) is 0 Å². The monoisotopic (exact) mass is 464 g/mol. The second kappa shape index (κ2) is 9.13. The minimum absolute atomic E-state index is 0.158. The molecule has 1 aromatic carbocycles. The lowest BCUT2D eigenvalue weighted by molar-refractivity contribution is 0.0919. The number of benzene rings is 1. The molecule has 3 heterocycles. The summed E-state index contributed by atoms with van der Waals surface area (Å²) in [5.41, 5.74) is 7.16. The number of hydrogen-bond donors (Lipinski definition) is 2. The van der Waals surface area contributed by atoms with Crippen molar-refractivity contribution >= 4 is 52.2 Å². The molecule has 2 aromatic rings. The predicted octanol–water partition coefficient (Wildman–Crippen LogP) is 2.09. The average molecular weight is 465 g/mol. The van der Waals surface area contributed by atoms with Gasteiger partial charge in [-0.1, -0.05) is 11.6 Å². The number of halogens is 1. The maximum Gasteiger partial charge on any atom is 0.414 e. The van der Waals surface area contributed by atoms with Crippen LogP contribution in [0.15, 0.2) is 30.3 Å². The third-order valence-corrected chi connectivity index (χ3v) is 6.30. The highest BCUT2D eigenvalue weighted by molar-refractivity contribution is 7.18. The molecule has 0 bridgehead atoms. The number of primary amides is 1. The molecule has 3 amide bonds. The zero-order chi connectivity index (χ0) is 22.0. The first-order chi connectivity index (χ1) is 14.9. The molecule has 31 heavy (non-hydrogen) atoms. The van der Waals surface area contributed by atoms with Crippen LogP contribution in [-0.4, -0.2) is 63.4 Å². The molecule has 1 unspecified atom stereocenters. The highest BCUT2D eigenvalue weighted by Crippen LogP contribution is 2.29. The second-order valence-electron chi connectivity index (χ2n) is 7.10. The van der Waals surface area contributed by atoms with Crippen LogP contribution in [0.1, 0.15) is 20.0 Å². The van der Waals surface area contributed by atoms with Gasteiger partial charge in [0.2, 0.25) is 0 Å². The van der Waals surface area contributed by atoms with Crippen LogP contribution >= 0.6 is 22.9 Å². The second-order valence-corrected chi connectivity index (χ2v) is 8.81. The topological polar surface area (TPSA) is 114 Å². The molecule has 2 saturated heterocycles. The Bertz CT molecular complexity index is 1010. The number of amides is 3. The van der Waals surface area contributed by atoms with Crippen LogP contribution in [0.5, 0.6) is 0 Å². The SMILES string of the molecule is NC(=O)c1cc(N2CC(CNC(=O)c3ccc(Cl)s3)OC2=O)ccc1N1CCOCC1. The first kappa shape index (κ1) is 21.4. The van der Waals surface area contributed by atoms with E-state index in [0.29, 0.717) is 52.5 Å². The van der Waals surface area contributed by atoms with Crippen LogP contribution in [0, 0.1) is 0 Å². The quantitative estimate of drug-likeness (QED) is 0.676. The summed E-state index contributed by atoms with van der Waals surface area (Å²) in [6.07, 6.45) is -1.07. The Morgan fingerprint density at radius 2 is 2.00 bits per heavy atom. The number of anilines is 2. The molecule has 9 nitrogen and oxygen atoms in total. The zero-order valence-corrected chi connectivity index (χ0v) is 18.1. The molecule has 0 spiro atoms. The first-order valence-electron chi connectivity index (χ1n) is 9.70. The fourth-order valence-corrected chi connectivity index (χ4v) is 4.50. The molecule has 164 valence electrons. The number of thiophene rings is 1. The predicted molar refractivity (Wildman–Crippen MR) is 117 cm³/mol. The van der Waals surface area contributed by atoms with Crippen molar-refractivity contribution in [2.24, 2.45) is 5.73 Å². The molecule has 0 radical (unpaired) electrons. The van der Waals surface area contributed by atoms with E-state index < -0.39 is 18.1 Å². The Morgan fingerprint density at radius 1 is 1.23 bits per heavy atom. The van der Waals surface area contributed by atoms with Crippen LogP contribution in [0.2, 0.25) is 4.34 Å². The fourth-order valence-electron chi connectivity index (χ4n) is 3.54. The van der Waals surface area contributed by atoms with Gasteiger partial charge in [-0.05, 0) is 30.3 Å². The summed E-state index contributed by atoms with van der Waals surface area (Å²) in [5.74, 6) is -0.855. The van der Waals surface area contributed by atoms with Crippen molar-refractivity contribution in [2.45, 2.75) is 6.10 Å². The van der Waals surface area contributed by atoms with E-state index in [0.717, 1.165) is 0 Å². The van der Waals surface area contributed by atoms with Crippen molar-refractivity contribution in [1.82, 2.24) is 5.32 Å². The van der Waals surface area contributed by atoms with Crippen LogP contribution in [0.4, 0.5) is 16.2 Å². The van der Waals surface area contributed by atoms with Crippen LogP contribution < -0.4 is 20.9 Å². The van der Waals surface area contributed by atoms with E-state index in [4.69, 9.17) is 26.8 Å². The summed E-state index contributed by atoms with van der Waals surface area (Å²) < 4.78 is 11.3. The van der Waals surface area contributed by atoms with E-state index in [1.54, 1.807) is 30.3 Å². The highest BCUT2D eigenvalue weighted by Gasteiger charge is 2.33. The number of carbonyl (C=O) groups excluding carboxylic acids is 3. The van der Waals surface area contributed by atoms with E-state index in [2.05, 4.69) is 5.32 Å². The van der Waals surface area contributed by atoms with Crippen molar-refractivity contribution in [3.05, 3.63) is 45.1 Å². The number of nitrogens with zero attached hydrogens (tertiary/aromatic N) is 2. The number of rotatable bonds is 6. The minimum atomic E-state index is -0.575. The zero-order valence-electron chi connectivity index (χ0n) is 16.5. The number of cyclic esters (lactones) is 1. The van der Waals surface area contributed by atoms with Gasteiger partial charge < -0.3 is 25.4 Å². The van der Waals surface area contributed by atoms with Crippen LogP contribution in [0.3, 0.4) is 0 Å². The van der Waals surface area contributed by atoms with Crippen LogP contribution in [0.25, 0.3) is 0 Å². The molecular weight excluding hydrogens is 444 g/mol. The normalized spacial score (nSPS) is 18.7. The molecule has 11 heteroatoms. The van der Waals surface area contributed by atoms with Gasteiger partial charge in [0.1, 0.15) is 6.10 Å². The van der Waals surface area contributed by atoms with Gasteiger partial charge in [-0.25, -0.2) is 4.79 Å². The maximum atomic E-state index is 12.4. The molecule has 4 rings (SSSR count). The largest absolute Gasteiger partial charge is 0.442 e. The lowest BCUT2D eigenvalue weighted by atomic mass is 10.1. The van der Waals surface area contributed by atoms with Gasteiger partial charge in [0, 0.05) is 24.5 Å². The molecule has 1 aromatic heterocycles. The van der Waals surface area contributed by atoms with Crippen LogP contribution in [-0.2, 0) is 9.47 Å². The molecular formula is C20H21ClN4O5S. The maximum absolute atomic E-state index is 12.4. The molecule has 1 atom stereocenters. The third-order valence-electron chi connectivity index (χ3n) is 5.07. The smallest absolute Gasteiger partial charge is 0.414 e. The van der Waals surface area contributed by atoms with Gasteiger partial charge in [-0.3, -0.25) is 14.5 Å². The van der Waals surface area contributed by atoms with Crippen molar-refractivity contribution in [3.8, 4) is 0 Å². The number of nitrogens with one attached hydrogen (secondary N) is 1. The lowest BCUT2D eigenvalue weighted by Crippen LogP contribution is -2.37. The third kappa shape index (κ3) is 4.76. The summed E-state index contributed by atoms with van der Waals surface area (Å²) >= 11 is 7.03. The van der Waals surface area contributed by atoms with Crippen molar-refractivity contribution < 1.29 is 23.9 Å². The Morgan fingerprint density at radius 3 is 2.68 bits per heavy atom. The summed E-state index contributed by atoms with van der Waals surface area (Å²) in [7, 11) is 0. The summed E-state index contributed by atoms with van der Waals surface area (Å²) in [4.78, 5) is 40.6. The van der Waals surface area contributed by atoms with Gasteiger partial charge in [0.25, 0.3) is 11.8 Å². The van der Waals surface area contributed by atoms with Gasteiger partial charge in [0.15, 0.2) is 0 Å². The Labute approximate surface area is 187 Å². The Balaban J connectivity index is 1.44. The average Bonchev–Trinajstić information content (AvgIpc) is 3.37. The standard InChI is InChI=1S/C20H21ClN4O5S/c21-17-4-3-16(31-17)19(27)23-10-13-11-25(20(28)30-13)12-1-2-15(14(9-12)18(22)26)24-5-7-29-8-6-24/h1-4,9,13H,5-8,10-11H2,(H2,22,26)(H,23,27). The minimum Gasteiger partial charge on any atom is -0.442 e. The van der Waals surface area contributed by atoms with Gasteiger partial charge in [-0.15, -0.1) is 11.3 Å². The van der Waals surface area contributed by atoms with Gasteiger partial charge in [0.05, 0.1) is 41.1 Å². The summed E-state index contributed by atoms with van der Waals surface area (Å²) in [6.45, 7) is 2.85. The highest BCUT2D eigenvalue weighted by atomic mass is 35.5. The molecule has 0 saturated carbocycles. The van der Waals surface area contributed by atoms with E-state index in [1.807, 2.05) is 4.90 Å². The van der Waals surface area contributed by atoms with E-state index in [-0.39, 0.29) is 19.0 Å². The van der Waals surface area contributed by atoms with Crippen molar-refractivity contribution in [2.75, 3.05) is 49.2 Å². The van der Waals surface area contributed by atoms with Crippen molar-refractivity contribution in [3.63, 3.8) is 0 Å². The number of nitrogens with two attached hydrogens (primary N) is 1. The Kier molecular flexibility index (Phi) is 6.30. The molecule has 2 aliphatic heterocycles. The molecule has 2 fully saturated rings. The van der Waals surface area contributed by atoms with Gasteiger partial charge >= 0.3 is 6.09 Å². The van der Waals surface area contributed by atoms with E-state index >= 15 is 0 Å². The van der Waals surface area contributed by atoms with E-state index in [9.17, 15) is 14.4 Å². The summed E-state index contributed by atoms with van der Waals surface area (Å²) in [5, 5.41) is 2.74. The summed E-state index contributed by atoms with van der Waals surface area (Å²) in [6, 6.07) is 8.42. The molecule has 3 N–H and O–H groups in total. The number of carbonyl (C=O) groups is 3. The van der Waals surface area contributed by atoms with Gasteiger partial charge in [-0.2, -0.15) is 0 Å². The fraction of sp³-hybridized carbons (Fsp3) is 0.350. The first-order valence-corrected chi connectivity index (χ1v) is 10.9. The number of hydrogen-bond acceptors (Lipinski definition) is 7. The molecule has 2 aliphatic rings. The molecule has 0 aliphatic carbocycles. The van der Waals surface area contributed by atoms with E-state index in [1.165, 1.54) is 16.2 Å². The number of ether oxygens (including phenoxy) is 2. The lowest BCUT2D eigenvalue weighted by Gasteiger charge is -2.30. The number of morpholine rings is 1.